The summed E-state index contributed by atoms with van der Waals surface area (Å²) in [7, 11) is -2.04. The number of amides is 1. The van der Waals surface area contributed by atoms with Crippen molar-refractivity contribution in [3.63, 3.8) is 0 Å². The summed E-state index contributed by atoms with van der Waals surface area (Å²) in [4.78, 5) is 12.8. The topological polar surface area (TPSA) is 84.9 Å². The van der Waals surface area contributed by atoms with E-state index in [0.717, 1.165) is 5.75 Å². The first-order valence-electron chi connectivity index (χ1n) is 10.0. The van der Waals surface area contributed by atoms with E-state index in [2.05, 4.69) is 5.32 Å². The van der Waals surface area contributed by atoms with Crippen molar-refractivity contribution >= 4 is 15.9 Å². The number of hydrogen-bond donors (Lipinski definition) is 1. The Morgan fingerprint density at radius 3 is 2.30 bits per heavy atom. The molecule has 1 aliphatic rings. The number of para-hydroxylation sites is 1. The number of benzene rings is 2. The molecule has 0 spiro atoms. The highest BCUT2D eigenvalue weighted by atomic mass is 32.2. The molecule has 3 rings (SSSR count). The van der Waals surface area contributed by atoms with Crippen LogP contribution < -0.4 is 14.8 Å². The first-order valence-corrected chi connectivity index (χ1v) is 11.5. The number of nitrogens with zero attached hydrogens (tertiary/aromatic N) is 1. The maximum Gasteiger partial charge on any atom is 0.243 e. The van der Waals surface area contributed by atoms with Crippen LogP contribution in [0.1, 0.15) is 19.8 Å². The first kappa shape index (κ1) is 22.1. The number of nitrogens with one attached hydrogen (secondary N) is 1. The van der Waals surface area contributed by atoms with Gasteiger partial charge in [0.05, 0.1) is 18.0 Å². The molecule has 1 N–H and O–H groups in total. The van der Waals surface area contributed by atoms with Crippen molar-refractivity contribution < 1.29 is 22.7 Å². The molecular weight excluding hydrogens is 404 g/mol. The van der Waals surface area contributed by atoms with E-state index in [1.165, 1.54) is 11.4 Å². The fourth-order valence-electron chi connectivity index (χ4n) is 3.40. The number of rotatable bonds is 8. The van der Waals surface area contributed by atoms with Crippen LogP contribution in [0.2, 0.25) is 0 Å². The zero-order valence-corrected chi connectivity index (χ0v) is 18.1. The van der Waals surface area contributed by atoms with E-state index in [9.17, 15) is 13.2 Å². The number of sulfonamides is 1. The summed E-state index contributed by atoms with van der Waals surface area (Å²) in [6.07, 6.45) is 0.987. The van der Waals surface area contributed by atoms with Crippen molar-refractivity contribution in [1.29, 1.82) is 0 Å². The summed E-state index contributed by atoms with van der Waals surface area (Å²) in [6.45, 7) is 2.91. The van der Waals surface area contributed by atoms with Crippen LogP contribution in [0.15, 0.2) is 59.5 Å². The van der Waals surface area contributed by atoms with Gasteiger partial charge in [-0.05, 0) is 56.2 Å². The molecule has 7 nitrogen and oxygen atoms in total. The number of piperidine rings is 1. The maximum atomic E-state index is 12.8. The first-order chi connectivity index (χ1) is 14.4. The lowest BCUT2D eigenvalue weighted by Gasteiger charge is -2.31. The van der Waals surface area contributed by atoms with E-state index >= 15 is 0 Å². The maximum absolute atomic E-state index is 12.8. The van der Waals surface area contributed by atoms with E-state index in [-0.39, 0.29) is 22.8 Å². The lowest BCUT2D eigenvalue weighted by Crippen LogP contribution is -2.45. The number of carbonyl (C=O) groups excluding carboxylic acids is 1. The Morgan fingerprint density at radius 2 is 1.70 bits per heavy atom. The molecule has 0 aliphatic carbocycles. The van der Waals surface area contributed by atoms with Crippen LogP contribution >= 0.6 is 0 Å². The predicted molar refractivity (Wildman–Crippen MR) is 114 cm³/mol. The summed E-state index contributed by atoms with van der Waals surface area (Å²) in [5.74, 6) is 1.11. The van der Waals surface area contributed by atoms with Gasteiger partial charge >= 0.3 is 0 Å². The van der Waals surface area contributed by atoms with Gasteiger partial charge in [0.1, 0.15) is 18.1 Å². The minimum Gasteiger partial charge on any atom is -0.497 e. The molecule has 2 aromatic carbocycles. The molecular formula is C22H28N2O5S. The van der Waals surface area contributed by atoms with Gasteiger partial charge in [-0.25, -0.2) is 8.42 Å². The van der Waals surface area contributed by atoms with Crippen LogP contribution in [0.25, 0.3) is 0 Å². The molecule has 0 saturated carbocycles. The van der Waals surface area contributed by atoms with Crippen LogP contribution in [0, 0.1) is 5.92 Å². The van der Waals surface area contributed by atoms with Gasteiger partial charge in [0.15, 0.2) is 0 Å². The number of carbonyl (C=O) groups is 1. The van der Waals surface area contributed by atoms with Gasteiger partial charge in [-0.15, -0.1) is 0 Å². The third-order valence-corrected chi connectivity index (χ3v) is 7.07. The lowest BCUT2D eigenvalue weighted by atomic mass is 9.97. The average Bonchev–Trinajstić information content (AvgIpc) is 2.78. The Balaban J connectivity index is 1.48. The third-order valence-electron chi connectivity index (χ3n) is 5.15. The molecule has 0 radical (unpaired) electrons. The minimum absolute atomic E-state index is 0.0549. The van der Waals surface area contributed by atoms with Crippen LogP contribution in [-0.4, -0.2) is 51.5 Å². The van der Waals surface area contributed by atoms with Crippen LogP contribution in [0.3, 0.4) is 0 Å². The molecule has 30 heavy (non-hydrogen) atoms. The molecule has 162 valence electrons. The Bertz CT molecular complexity index is 924. The Morgan fingerprint density at radius 1 is 1.07 bits per heavy atom. The highest BCUT2D eigenvalue weighted by Gasteiger charge is 2.32. The third kappa shape index (κ3) is 5.52. The van der Waals surface area contributed by atoms with E-state index < -0.39 is 10.0 Å². The number of hydrogen-bond acceptors (Lipinski definition) is 5. The van der Waals surface area contributed by atoms with Gasteiger partial charge in [0.2, 0.25) is 15.9 Å². The van der Waals surface area contributed by atoms with E-state index in [4.69, 9.17) is 9.47 Å². The molecule has 0 aromatic heterocycles. The summed E-state index contributed by atoms with van der Waals surface area (Å²) < 4.78 is 37.9. The molecule has 1 saturated heterocycles. The van der Waals surface area contributed by atoms with Gasteiger partial charge in [0, 0.05) is 19.0 Å². The van der Waals surface area contributed by atoms with Crippen LogP contribution in [-0.2, 0) is 14.8 Å². The van der Waals surface area contributed by atoms with Gasteiger partial charge in [-0.2, -0.15) is 4.31 Å². The highest BCUT2D eigenvalue weighted by molar-refractivity contribution is 7.89. The average molecular weight is 433 g/mol. The van der Waals surface area contributed by atoms with Crippen LogP contribution in [0.4, 0.5) is 0 Å². The summed E-state index contributed by atoms with van der Waals surface area (Å²) in [5, 5.41) is 2.97. The molecule has 1 aliphatic heterocycles. The van der Waals surface area contributed by atoms with Gasteiger partial charge < -0.3 is 14.8 Å². The van der Waals surface area contributed by atoms with E-state index in [0.29, 0.717) is 38.3 Å². The van der Waals surface area contributed by atoms with E-state index in [1.54, 1.807) is 24.3 Å². The quantitative estimate of drug-likeness (QED) is 0.693. The van der Waals surface area contributed by atoms with Crippen molar-refractivity contribution in [2.75, 3.05) is 26.8 Å². The fraction of sp³-hybridized carbons (Fsp3) is 0.409. The Hall–Kier alpha value is -2.58. The smallest absolute Gasteiger partial charge is 0.243 e. The zero-order chi connectivity index (χ0) is 21.6. The second-order valence-corrected chi connectivity index (χ2v) is 9.33. The largest absolute Gasteiger partial charge is 0.497 e. The summed E-state index contributed by atoms with van der Waals surface area (Å²) >= 11 is 0. The molecule has 2 aromatic rings. The summed E-state index contributed by atoms with van der Waals surface area (Å²) in [6, 6.07) is 15.7. The number of methoxy groups -OCH3 is 1. The van der Waals surface area contributed by atoms with Gasteiger partial charge in [-0.3, -0.25) is 4.79 Å². The van der Waals surface area contributed by atoms with Crippen molar-refractivity contribution in [2.45, 2.75) is 30.7 Å². The lowest BCUT2D eigenvalue weighted by molar-refractivity contribution is -0.126. The SMILES string of the molecule is COc1ccc(S(=O)(=O)N2CCC(C(=O)N[C@H](C)COc3ccccc3)CC2)cc1. The highest BCUT2D eigenvalue weighted by Crippen LogP contribution is 2.25. The second-order valence-electron chi connectivity index (χ2n) is 7.39. The molecule has 8 heteroatoms. The van der Waals surface area contributed by atoms with Crippen molar-refractivity contribution in [3.05, 3.63) is 54.6 Å². The van der Waals surface area contributed by atoms with Crippen molar-refractivity contribution in [3.8, 4) is 11.5 Å². The standard InChI is InChI=1S/C22H28N2O5S/c1-17(16-29-20-6-4-3-5-7-20)23-22(25)18-12-14-24(15-13-18)30(26,27)21-10-8-19(28-2)9-11-21/h3-11,17-18H,12-16H2,1-2H3,(H,23,25)/t17-/m1/s1. The molecule has 1 atom stereocenters. The molecule has 1 amide bonds. The Labute approximate surface area is 178 Å². The fourth-order valence-corrected chi connectivity index (χ4v) is 4.87. The van der Waals surface area contributed by atoms with Crippen molar-refractivity contribution in [1.82, 2.24) is 9.62 Å². The normalized spacial score (nSPS) is 16.6. The monoisotopic (exact) mass is 432 g/mol. The molecule has 1 fully saturated rings. The van der Waals surface area contributed by atoms with Crippen molar-refractivity contribution in [2.24, 2.45) is 5.92 Å². The van der Waals surface area contributed by atoms with Crippen LogP contribution in [0.5, 0.6) is 11.5 Å². The molecule has 0 unspecified atom stereocenters. The molecule has 0 bridgehead atoms. The van der Waals surface area contributed by atoms with Gasteiger partial charge in [0.25, 0.3) is 0 Å². The minimum atomic E-state index is -3.57. The summed E-state index contributed by atoms with van der Waals surface area (Å²) in [5.41, 5.74) is 0. The predicted octanol–water partition coefficient (Wildman–Crippen LogP) is 2.68. The Kier molecular flexibility index (Phi) is 7.33. The van der Waals surface area contributed by atoms with Gasteiger partial charge in [-0.1, -0.05) is 18.2 Å². The molecule has 1 heterocycles. The van der Waals surface area contributed by atoms with E-state index in [1.807, 2.05) is 37.3 Å². The number of ether oxygens (including phenoxy) is 2. The zero-order valence-electron chi connectivity index (χ0n) is 17.3. The second kappa shape index (κ2) is 9.95.